The Bertz CT molecular complexity index is 532. The van der Waals surface area contributed by atoms with Crippen molar-refractivity contribution in [2.45, 2.75) is 70.7 Å². The van der Waals surface area contributed by atoms with Crippen LogP contribution in [-0.4, -0.2) is 30.9 Å². The largest absolute Gasteiger partial charge is 0.444 e. The third kappa shape index (κ3) is 6.04. The van der Waals surface area contributed by atoms with E-state index in [-0.39, 0.29) is 12.1 Å². The van der Waals surface area contributed by atoms with Crippen LogP contribution in [0, 0.1) is 0 Å². The first kappa shape index (κ1) is 18.6. The fourth-order valence-corrected chi connectivity index (χ4v) is 3.02. The summed E-state index contributed by atoms with van der Waals surface area (Å²) in [7, 11) is 1.71. The van der Waals surface area contributed by atoms with E-state index in [4.69, 9.17) is 9.47 Å². The minimum Gasteiger partial charge on any atom is -0.444 e. The summed E-state index contributed by atoms with van der Waals surface area (Å²) < 4.78 is 10.6. The summed E-state index contributed by atoms with van der Waals surface area (Å²) in [6, 6.07) is 8.88. The summed E-state index contributed by atoms with van der Waals surface area (Å²) in [5.41, 5.74) is 1.87. The molecule has 1 aromatic carbocycles. The minimum atomic E-state index is -0.450. The molecule has 1 aromatic rings. The van der Waals surface area contributed by atoms with E-state index in [1.807, 2.05) is 32.9 Å². The van der Waals surface area contributed by atoms with Gasteiger partial charge in [-0.3, -0.25) is 0 Å². The lowest BCUT2D eigenvalue weighted by molar-refractivity contribution is 0.0492. The molecule has 0 heterocycles. The Morgan fingerprint density at radius 2 is 1.75 bits per heavy atom. The number of methoxy groups -OCH3 is 1. The first-order chi connectivity index (χ1) is 11.4. The van der Waals surface area contributed by atoms with Crippen molar-refractivity contribution in [3.05, 3.63) is 29.8 Å². The quantitative estimate of drug-likeness (QED) is 0.852. The van der Waals surface area contributed by atoms with Crippen LogP contribution in [0.15, 0.2) is 24.3 Å². The molecule has 0 saturated heterocycles. The number of hydrogen-bond donors (Lipinski definition) is 2. The van der Waals surface area contributed by atoms with Gasteiger partial charge >= 0.3 is 6.09 Å². The van der Waals surface area contributed by atoms with Crippen molar-refractivity contribution in [1.82, 2.24) is 5.32 Å². The molecule has 0 bridgehead atoms. The van der Waals surface area contributed by atoms with Crippen molar-refractivity contribution < 1.29 is 14.3 Å². The van der Waals surface area contributed by atoms with Crippen molar-refractivity contribution in [3.63, 3.8) is 0 Å². The molecule has 0 radical (unpaired) electrons. The van der Waals surface area contributed by atoms with Gasteiger partial charge in [-0.25, -0.2) is 4.79 Å². The van der Waals surface area contributed by atoms with Gasteiger partial charge in [0.05, 0.1) is 6.61 Å². The monoisotopic (exact) mass is 334 g/mol. The average molecular weight is 334 g/mol. The standard InChI is InChI=1S/C19H30N2O3/c1-19(2,3)24-18(22)21-16-11-9-15(10-12-16)20-17-8-6-5-7-14(17)13-23-4/h5-8,15-16,20H,9-13H2,1-4H3,(H,21,22). The van der Waals surface area contributed by atoms with Gasteiger partial charge in [0.2, 0.25) is 0 Å². The zero-order valence-corrected chi connectivity index (χ0v) is 15.2. The van der Waals surface area contributed by atoms with E-state index in [0.717, 1.165) is 31.4 Å². The first-order valence-electron chi connectivity index (χ1n) is 8.70. The number of amides is 1. The number of anilines is 1. The predicted molar refractivity (Wildman–Crippen MR) is 96.2 cm³/mol. The predicted octanol–water partition coefficient (Wildman–Crippen LogP) is 4.08. The number of ether oxygens (including phenoxy) is 2. The molecule has 1 saturated carbocycles. The van der Waals surface area contributed by atoms with E-state index in [2.05, 4.69) is 22.8 Å². The van der Waals surface area contributed by atoms with Crippen molar-refractivity contribution in [3.8, 4) is 0 Å². The molecule has 2 rings (SSSR count). The molecular weight excluding hydrogens is 304 g/mol. The van der Waals surface area contributed by atoms with Gasteiger partial charge in [0.25, 0.3) is 0 Å². The maximum absolute atomic E-state index is 11.9. The molecule has 0 aliphatic heterocycles. The van der Waals surface area contributed by atoms with E-state index in [1.54, 1.807) is 7.11 Å². The van der Waals surface area contributed by atoms with E-state index in [9.17, 15) is 4.79 Å². The van der Waals surface area contributed by atoms with Crippen LogP contribution < -0.4 is 10.6 Å². The van der Waals surface area contributed by atoms with Gasteiger partial charge in [-0.1, -0.05) is 18.2 Å². The second-order valence-corrected chi connectivity index (χ2v) is 7.43. The summed E-state index contributed by atoms with van der Waals surface area (Å²) in [5.74, 6) is 0. The van der Waals surface area contributed by atoms with Gasteiger partial charge in [-0.15, -0.1) is 0 Å². The van der Waals surface area contributed by atoms with Gasteiger partial charge < -0.3 is 20.1 Å². The summed E-state index contributed by atoms with van der Waals surface area (Å²) in [4.78, 5) is 11.9. The van der Waals surface area contributed by atoms with Crippen LogP contribution >= 0.6 is 0 Å². The number of rotatable bonds is 5. The Kier molecular flexibility index (Phi) is 6.49. The van der Waals surface area contributed by atoms with Gasteiger partial charge in [0.15, 0.2) is 0 Å². The summed E-state index contributed by atoms with van der Waals surface area (Å²) in [5, 5.41) is 6.60. The summed E-state index contributed by atoms with van der Waals surface area (Å²) >= 11 is 0. The molecule has 1 fully saturated rings. The maximum atomic E-state index is 11.9. The number of benzene rings is 1. The van der Waals surface area contributed by atoms with Crippen LogP contribution in [0.25, 0.3) is 0 Å². The first-order valence-corrected chi connectivity index (χ1v) is 8.70. The van der Waals surface area contributed by atoms with Crippen LogP contribution in [0.3, 0.4) is 0 Å². The van der Waals surface area contributed by atoms with Crippen molar-refractivity contribution >= 4 is 11.8 Å². The number of hydrogen-bond acceptors (Lipinski definition) is 4. The number of nitrogens with one attached hydrogen (secondary N) is 2. The van der Waals surface area contributed by atoms with Crippen LogP contribution in [0.1, 0.15) is 52.0 Å². The average Bonchev–Trinajstić information content (AvgIpc) is 2.49. The van der Waals surface area contributed by atoms with E-state index in [1.165, 1.54) is 5.56 Å². The zero-order valence-electron chi connectivity index (χ0n) is 15.2. The van der Waals surface area contributed by atoms with Crippen molar-refractivity contribution in [2.75, 3.05) is 12.4 Å². The summed E-state index contributed by atoms with van der Waals surface area (Å²) in [6.07, 6.45) is 3.67. The molecule has 134 valence electrons. The van der Waals surface area contributed by atoms with Gasteiger partial charge in [-0.2, -0.15) is 0 Å². The normalized spacial score (nSPS) is 21.2. The zero-order chi connectivity index (χ0) is 17.6. The van der Waals surface area contributed by atoms with Crippen LogP contribution in [0.5, 0.6) is 0 Å². The highest BCUT2D eigenvalue weighted by Gasteiger charge is 2.25. The Balaban J connectivity index is 1.80. The fraction of sp³-hybridized carbons (Fsp3) is 0.632. The molecule has 1 amide bonds. The number of carbonyl (C=O) groups is 1. The van der Waals surface area contributed by atoms with Gasteiger partial charge in [-0.05, 0) is 52.5 Å². The van der Waals surface area contributed by atoms with Crippen LogP contribution in [0.4, 0.5) is 10.5 Å². The second-order valence-electron chi connectivity index (χ2n) is 7.43. The lowest BCUT2D eigenvalue weighted by atomic mass is 9.91. The molecule has 0 unspecified atom stereocenters. The molecule has 1 aliphatic rings. The molecule has 1 aliphatic carbocycles. The highest BCUT2D eigenvalue weighted by molar-refractivity contribution is 5.68. The van der Waals surface area contributed by atoms with Crippen LogP contribution in [0.2, 0.25) is 0 Å². The van der Waals surface area contributed by atoms with Gasteiger partial charge in [0, 0.05) is 30.4 Å². The number of para-hydroxylation sites is 1. The Labute approximate surface area is 145 Å². The molecule has 5 heteroatoms. The third-order valence-electron chi connectivity index (χ3n) is 4.12. The molecule has 0 spiro atoms. The minimum absolute atomic E-state index is 0.201. The molecular formula is C19H30N2O3. The number of alkyl carbamates (subject to hydrolysis) is 1. The van der Waals surface area contributed by atoms with E-state index >= 15 is 0 Å². The Morgan fingerprint density at radius 3 is 2.38 bits per heavy atom. The Morgan fingerprint density at radius 1 is 1.12 bits per heavy atom. The SMILES string of the molecule is COCc1ccccc1NC1CCC(NC(=O)OC(C)(C)C)CC1. The molecule has 0 aromatic heterocycles. The molecule has 5 nitrogen and oxygen atoms in total. The smallest absolute Gasteiger partial charge is 0.407 e. The van der Waals surface area contributed by atoms with Crippen LogP contribution in [-0.2, 0) is 16.1 Å². The lowest BCUT2D eigenvalue weighted by Crippen LogP contribution is -2.42. The number of carbonyl (C=O) groups excluding carboxylic acids is 1. The van der Waals surface area contributed by atoms with Gasteiger partial charge in [0.1, 0.15) is 5.60 Å². The summed E-state index contributed by atoms with van der Waals surface area (Å²) in [6.45, 7) is 6.25. The van der Waals surface area contributed by atoms with Crippen molar-refractivity contribution in [1.29, 1.82) is 0 Å². The molecule has 0 atom stereocenters. The fourth-order valence-electron chi connectivity index (χ4n) is 3.02. The Hall–Kier alpha value is -1.75. The van der Waals surface area contributed by atoms with E-state index in [0.29, 0.717) is 12.6 Å². The molecule has 24 heavy (non-hydrogen) atoms. The topological polar surface area (TPSA) is 59.6 Å². The lowest BCUT2D eigenvalue weighted by Gasteiger charge is -2.31. The highest BCUT2D eigenvalue weighted by atomic mass is 16.6. The van der Waals surface area contributed by atoms with Crippen molar-refractivity contribution in [2.24, 2.45) is 0 Å². The maximum Gasteiger partial charge on any atom is 0.407 e. The van der Waals surface area contributed by atoms with E-state index < -0.39 is 5.60 Å². The molecule has 2 N–H and O–H groups in total. The third-order valence-corrected chi connectivity index (χ3v) is 4.12. The second kappa shape index (κ2) is 8.38. The highest BCUT2D eigenvalue weighted by Crippen LogP contribution is 2.25.